The molecule has 0 saturated heterocycles. The summed E-state index contributed by atoms with van der Waals surface area (Å²) >= 11 is 6.85. The van der Waals surface area contributed by atoms with Crippen molar-refractivity contribution in [2.45, 2.75) is 13.5 Å². The number of carbonyl (C=O) groups is 1. The van der Waals surface area contributed by atoms with Gasteiger partial charge in [-0.05, 0) is 75.9 Å². The van der Waals surface area contributed by atoms with E-state index in [9.17, 15) is 4.79 Å². The first-order chi connectivity index (χ1) is 14.5. The molecule has 3 rings (SSSR count). The zero-order valence-electron chi connectivity index (χ0n) is 16.3. The van der Waals surface area contributed by atoms with E-state index in [1.54, 1.807) is 6.21 Å². The lowest BCUT2D eigenvalue weighted by Gasteiger charge is -2.10. The van der Waals surface area contributed by atoms with E-state index >= 15 is 0 Å². The zero-order chi connectivity index (χ0) is 21.3. The molecule has 5 nitrogen and oxygen atoms in total. The van der Waals surface area contributed by atoms with E-state index in [1.165, 1.54) is 0 Å². The summed E-state index contributed by atoms with van der Waals surface area (Å²) in [5.41, 5.74) is 5.33. The Balaban J connectivity index is 1.45. The fourth-order valence-electron chi connectivity index (χ4n) is 2.61. The highest BCUT2D eigenvalue weighted by Crippen LogP contribution is 2.32. The second-order valence-electron chi connectivity index (χ2n) is 6.46. The molecule has 0 atom stereocenters. The Bertz CT molecular complexity index is 999. The first-order valence-corrected chi connectivity index (χ1v) is 10.8. The summed E-state index contributed by atoms with van der Waals surface area (Å²) in [5, 5.41) is 3.97. The fraction of sp³-hybridized carbons (Fsp3) is 0.130. The highest BCUT2D eigenvalue weighted by molar-refractivity contribution is 9.11. The van der Waals surface area contributed by atoms with Crippen LogP contribution < -0.4 is 14.9 Å². The minimum absolute atomic E-state index is 0.134. The number of rotatable bonds is 8. The number of benzene rings is 3. The minimum atomic E-state index is -0.344. The second kappa shape index (κ2) is 10.9. The first kappa shape index (κ1) is 22.1. The summed E-state index contributed by atoms with van der Waals surface area (Å²) in [5.74, 6) is 1.05. The normalized spacial score (nSPS) is 10.8. The number of hydrazone groups is 1. The van der Waals surface area contributed by atoms with Crippen LogP contribution in [-0.4, -0.2) is 18.7 Å². The van der Waals surface area contributed by atoms with Gasteiger partial charge in [-0.3, -0.25) is 4.79 Å². The monoisotopic (exact) mass is 530 g/mol. The van der Waals surface area contributed by atoms with Crippen molar-refractivity contribution in [3.8, 4) is 11.5 Å². The lowest BCUT2D eigenvalue weighted by atomic mass is 10.2. The number of hydrogen-bond donors (Lipinski definition) is 1. The maximum atomic E-state index is 12.0. The fourth-order valence-corrected chi connectivity index (χ4v) is 4.16. The van der Waals surface area contributed by atoms with Crippen molar-refractivity contribution < 1.29 is 14.3 Å². The van der Waals surface area contributed by atoms with Gasteiger partial charge in [-0.15, -0.1) is 0 Å². The molecule has 0 unspecified atom stereocenters. The Morgan fingerprint density at radius 3 is 2.47 bits per heavy atom. The molecular formula is C23H20Br2N2O3. The number of halogens is 2. The summed E-state index contributed by atoms with van der Waals surface area (Å²) in [6.07, 6.45) is 1.57. The van der Waals surface area contributed by atoms with Crippen molar-refractivity contribution in [3.63, 3.8) is 0 Å². The standard InChI is InChI=1S/C23H20Br2N2O3/c1-16-11-19(24)12-21(25)23(16)30-15-22(28)27-26-13-17-7-9-20(10-8-17)29-14-18-5-3-2-4-6-18/h2-13H,14-15H2,1H3,(H,27,28)/b26-13+. The average Bonchev–Trinajstić information content (AvgIpc) is 2.73. The average molecular weight is 532 g/mol. The quantitative estimate of drug-likeness (QED) is 0.303. The molecule has 0 heterocycles. The predicted molar refractivity (Wildman–Crippen MR) is 125 cm³/mol. The van der Waals surface area contributed by atoms with Gasteiger partial charge in [0.1, 0.15) is 18.1 Å². The number of aryl methyl sites for hydroxylation is 1. The number of carbonyl (C=O) groups excluding carboxylic acids is 1. The molecule has 0 aliphatic rings. The van der Waals surface area contributed by atoms with Crippen LogP contribution in [0.4, 0.5) is 0 Å². The molecule has 0 saturated carbocycles. The van der Waals surface area contributed by atoms with Gasteiger partial charge >= 0.3 is 0 Å². The molecule has 0 aliphatic carbocycles. The highest BCUT2D eigenvalue weighted by Gasteiger charge is 2.09. The lowest BCUT2D eigenvalue weighted by molar-refractivity contribution is -0.123. The first-order valence-electron chi connectivity index (χ1n) is 9.18. The molecule has 3 aromatic carbocycles. The van der Waals surface area contributed by atoms with Gasteiger partial charge in [0, 0.05) is 4.47 Å². The van der Waals surface area contributed by atoms with Crippen LogP contribution >= 0.6 is 31.9 Å². The summed E-state index contributed by atoms with van der Waals surface area (Å²) in [4.78, 5) is 12.0. The van der Waals surface area contributed by atoms with Crippen molar-refractivity contribution in [2.75, 3.05) is 6.61 Å². The minimum Gasteiger partial charge on any atom is -0.489 e. The third-order valence-electron chi connectivity index (χ3n) is 4.07. The van der Waals surface area contributed by atoms with E-state index in [4.69, 9.17) is 9.47 Å². The smallest absolute Gasteiger partial charge is 0.277 e. The molecule has 0 aliphatic heterocycles. The van der Waals surface area contributed by atoms with Crippen molar-refractivity contribution in [2.24, 2.45) is 5.10 Å². The Kier molecular flexibility index (Phi) is 8.04. The third kappa shape index (κ3) is 6.71. The van der Waals surface area contributed by atoms with Crippen LogP contribution in [0.2, 0.25) is 0 Å². The Morgan fingerprint density at radius 1 is 1.03 bits per heavy atom. The maximum Gasteiger partial charge on any atom is 0.277 e. The van der Waals surface area contributed by atoms with Gasteiger partial charge in [0.15, 0.2) is 6.61 Å². The van der Waals surface area contributed by atoms with Gasteiger partial charge in [0.05, 0.1) is 10.7 Å². The number of nitrogens with zero attached hydrogens (tertiary/aromatic N) is 1. The van der Waals surface area contributed by atoms with Crippen LogP contribution in [0.25, 0.3) is 0 Å². The van der Waals surface area contributed by atoms with Gasteiger partial charge in [0.2, 0.25) is 0 Å². The molecular weight excluding hydrogens is 512 g/mol. The van der Waals surface area contributed by atoms with E-state index < -0.39 is 0 Å². The van der Waals surface area contributed by atoms with E-state index in [0.717, 1.165) is 31.4 Å². The van der Waals surface area contributed by atoms with Gasteiger partial charge in [-0.25, -0.2) is 5.43 Å². The highest BCUT2D eigenvalue weighted by atomic mass is 79.9. The van der Waals surface area contributed by atoms with Gasteiger partial charge in [0.25, 0.3) is 5.91 Å². The Labute approximate surface area is 192 Å². The Hall–Kier alpha value is -2.64. The van der Waals surface area contributed by atoms with Crippen LogP contribution in [0, 0.1) is 6.92 Å². The van der Waals surface area contributed by atoms with Crippen LogP contribution in [0.5, 0.6) is 11.5 Å². The van der Waals surface area contributed by atoms with Crippen molar-refractivity contribution in [3.05, 3.63) is 92.4 Å². The molecule has 0 radical (unpaired) electrons. The summed E-state index contributed by atoms with van der Waals surface area (Å²) < 4.78 is 13.1. The molecule has 1 N–H and O–H groups in total. The number of amides is 1. The van der Waals surface area contributed by atoms with Crippen molar-refractivity contribution in [1.29, 1.82) is 0 Å². The molecule has 0 fully saturated rings. The topological polar surface area (TPSA) is 59.9 Å². The summed E-state index contributed by atoms with van der Waals surface area (Å²) in [6.45, 7) is 2.29. The molecule has 1 amide bonds. The molecule has 7 heteroatoms. The van der Waals surface area contributed by atoms with Gasteiger partial charge < -0.3 is 9.47 Å². The zero-order valence-corrected chi connectivity index (χ0v) is 19.4. The van der Waals surface area contributed by atoms with E-state index in [2.05, 4.69) is 42.4 Å². The van der Waals surface area contributed by atoms with E-state index in [1.807, 2.05) is 73.7 Å². The Morgan fingerprint density at radius 2 is 1.77 bits per heavy atom. The molecule has 3 aromatic rings. The van der Waals surface area contributed by atoms with Crippen LogP contribution in [-0.2, 0) is 11.4 Å². The van der Waals surface area contributed by atoms with Crippen LogP contribution in [0.15, 0.2) is 80.8 Å². The second-order valence-corrected chi connectivity index (χ2v) is 8.23. The van der Waals surface area contributed by atoms with Crippen LogP contribution in [0.3, 0.4) is 0 Å². The summed E-state index contributed by atoms with van der Waals surface area (Å²) in [7, 11) is 0. The van der Waals surface area contributed by atoms with Gasteiger partial charge in [-0.2, -0.15) is 5.10 Å². The van der Waals surface area contributed by atoms with Crippen molar-refractivity contribution >= 4 is 44.0 Å². The maximum absolute atomic E-state index is 12.0. The van der Waals surface area contributed by atoms with Crippen molar-refractivity contribution in [1.82, 2.24) is 5.43 Å². The third-order valence-corrected chi connectivity index (χ3v) is 5.12. The largest absolute Gasteiger partial charge is 0.489 e. The molecule has 154 valence electrons. The van der Waals surface area contributed by atoms with E-state index in [-0.39, 0.29) is 12.5 Å². The molecule has 0 bridgehead atoms. The molecule has 0 aromatic heterocycles. The SMILES string of the molecule is Cc1cc(Br)cc(Br)c1OCC(=O)N/N=C/c1ccc(OCc2ccccc2)cc1. The lowest BCUT2D eigenvalue weighted by Crippen LogP contribution is -2.24. The predicted octanol–water partition coefficient (Wildman–Crippen LogP) is 5.63. The van der Waals surface area contributed by atoms with Crippen LogP contribution in [0.1, 0.15) is 16.7 Å². The van der Waals surface area contributed by atoms with Gasteiger partial charge in [-0.1, -0.05) is 46.3 Å². The number of ether oxygens (including phenoxy) is 2. The summed E-state index contributed by atoms with van der Waals surface area (Å²) in [6, 6.07) is 21.2. The molecule has 30 heavy (non-hydrogen) atoms. The molecule has 0 spiro atoms. The number of hydrogen-bond acceptors (Lipinski definition) is 4. The number of nitrogens with one attached hydrogen (secondary N) is 1. The van der Waals surface area contributed by atoms with E-state index in [0.29, 0.717) is 12.4 Å².